The highest BCUT2D eigenvalue weighted by Gasteiger charge is 2.40. The lowest BCUT2D eigenvalue weighted by molar-refractivity contribution is -0.309. The monoisotopic (exact) mass is 476 g/mol. The predicted octanol–water partition coefficient (Wildman–Crippen LogP) is 0.452. The largest absolute Gasteiger partial charge is 0.494 e. The number of aromatic nitrogens is 2. The summed E-state index contributed by atoms with van der Waals surface area (Å²) in [6.07, 6.45) is -0.621. The van der Waals surface area contributed by atoms with Crippen LogP contribution in [0.4, 0.5) is 4.39 Å². The molecule has 3 heterocycles. The highest BCUT2D eigenvalue weighted by atomic mass is 19.1. The Morgan fingerprint density at radius 2 is 2.15 bits per heavy atom. The summed E-state index contributed by atoms with van der Waals surface area (Å²) >= 11 is 0. The zero-order valence-corrected chi connectivity index (χ0v) is 18.7. The van der Waals surface area contributed by atoms with Crippen molar-refractivity contribution in [2.24, 2.45) is 5.16 Å². The minimum absolute atomic E-state index is 0.0230. The highest BCUT2D eigenvalue weighted by molar-refractivity contribution is 6.02. The molecule has 2 aliphatic heterocycles. The van der Waals surface area contributed by atoms with Crippen molar-refractivity contribution in [3.63, 3.8) is 0 Å². The molecule has 1 aromatic carbocycles. The fraction of sp³-hybridized carbons (Fsp3) is 0.455. The third-order valence-corrected chi connectivity index (χ3v) is 5.43. The molecule has 0 aliphatic carbocycles. The van der Waals surface area contributed by atoms with Crippen molar-refractivity contribution in [2.75, 3.05) is 26.9 Å². The van der Waals surface area contributed by atoms with Crippen LogP contribution in [0.1, 0.15) is 34.0 Å². The van der Waals surface area contributed by atoms with E-state index in [9.17, 15) is 14.3 Å². The fourth-order valence-corrected chi connectivity index (χ4v) is 3.54. The molecule has 1 saturated heterocycles. The Balaban J connectivity index is 1.39. The van der Waals surface area contributed by atoms with E-state index >= 15 is 0 Å². The van der Waals surface area contributed by atoms with Gasteiger partial charge in [-0.3, -0.25) is 4.79 Å². The highest BCUT2D eigenvalue weighted by Crippen LogP contribution is 2.25. The lowest BCUT2D eigenvalue weighted by Crippen LogP contribution is -2.52. The maximum atomic E-state index is 13.6. The Morgan fingerprint density at radius 1 is 1.32 bits per heavy atom. The number of rotatable bonds is 7. The van der Waals surface area contributed by atoms with Crippen LogP contribution < -0.4 is 10.1 Å². The van der Waals surface area contributed by atoms with E-state index in [2.05, 4.69) is 20.4 Å². The number of carbonyl (C=O) groups is 1. The maximum absolute atomic E-state index is 13.6. The van der Waals surface area contributed by atoms with E-state index in [1.165, 1.54) is 25.3 Å². The third-order valence-electron chi connectivity index (χ3n) is 5.43. The summed E-state index contributed by atoms with van der Waals surface area (Å²) in [5.41, 5.74) is 1.76. The van der Waals surface area contributed by atoms with E-state index in [-0.39, 0.29) is 31.2 Å². The molecule has 12 heteroatoms. The van der Waals surface area contributed by atoms with Crippen LogP contribution in [0, 0.1) is 12.7 Å². The zero-order valence-electron chi connectivity index (χ0n) is 18.7. The Labute approximate surface area is 194 Å². The van der Waals surface area contributed by atoms with Gasteiger partial charge in [0.1, 0.15) is 29.9 Å². The average Bonchev–Trinajstić information content (AvgIpc) is 3.34. The predicted molar refractivity (Wildman–Crippen MR) is 115 cm³/mol. The van der Waals surface area contributed by atoms with Gasteiger partial charge in [0.2, 0.25) is 5.79 Å². The smallest absolute Gasteiger partial charge is 0.270 e. The summed E-state index contributed by atoms with van der Waals surface area (Å²) in [5, 5.41) is 25.9. The molecule has 1 fully saturated rings. The number of carbonyl (C=O) groups excluding carboxylic acids is 1. The van der Waals surface area contributed by atoms with Crippen molar-refractivity contribution >= 4 is 11.6 Å². The van der Waals surface area contributed by atoms with Gasteiger partial charge in [-0.25, -0.2) is 14.4 Å². The van der Waals surface area contributed by atoms with E-state index in [1.54, 1.807) is 13.0 Å². The first-order valence-corrected chi connectivity index (χ1v) is 10.6. The summed E-state index contributed by atoms with van der Waals surface area (Å²) in [6.45, 7) is 1.06. The Hall–Kier alpha value is -3.19. The fourth-order valence-electron chi connectivity index (χ4n) is 3.54. The molecule has 0 unspecified atom stereocenters. The van der Waals surface area contributed by atoms with Gasteiger partial charge in [0.15, 0.2) is 17.7 Å². The number of aryl methyl sites for hydroxylation is 1. The number of oxime groups is 1. The molecule has 2 aliphatic rings. The minimum atomic E-state index is -1.72. The Kier molecular flexibility index (Phi) is 7.03. The van der Waals surface area contributed by atoms with Crippen LogP contribution in [0.25, 0.3) is 0 Å². The quantitative estimate of drug-likeness (QED) is 0.519. The van der Waals surface area contributed by atoms with E-state index in [1.807, 2.05) is 0 Å². The van der Waals surface area contributed by atoms with Crippen molar-refractivity contribution in [3.05, 3.63) is 52.9 Å². The second kappa shape index (κ2) is 9.97. The van der Waals surface area contributed by atoms with Crippen molar-refractivity contribution in [1.29, 1.82) is 0 Å². The molecule has 0 bridgehead atoms. The molecule has 2 aromatic rings. The molecule has 182 valence electrons. The SMILES string of the molecule is COc1cc(CNC(=O)c2cc(C3=NO[C@H]([C@@H]4CO[C@](O)(CO)CO4)C3)nc(C)n2)ccc1F. The van der Waals surface area contributed by atoms with Gasteiger partial charge < -0.3 is 34.6 Å². The van der Waals surface area contributed by atoms with Crippen LogP contribution in [0.15, 0.2) is 29.4 Å². The van der Waals surface area contributed by atoms with Gasteiger partial charge in [0.05, 0.1) is 26.0 Å². The van der Waals surface area contributed by atoms with Crippen molar-refractivity contribution < 1.29 is 38.4 Å². The number of nitrogens with zero attached hydrogens (tertiary/aromatic N) is 3. The molecular weight excluding hydrogens is 451 g/mol. The minimum Gasteiger partial charge on any atom is -0.494 e. The summed E-state index contributed by atoms with van der Waals surface area (Å²) in [5.74, 6) is -2.17. The van der Waals surface area contributed by atoms with Gasteiger partial charge in [-0.05, 0) is 30.7 Å². The summed E-state index contributed by atoms with van der Waals surface area (Å²) < 4.78 is 29.4. The number of methoxy groups -OCH3 is 1. The van der Waals surface area contributed by atoms with Crippen LogP contribution in [-0.4, -0.2) is 76.7 Å². The van der Waals surface area contributed by atoms with Crippen LogP contribution in [0.3, 0.4) is 0 Å². The number of hydrogen-bond acceptors (Lipinski definition) is 10. The van der Waals surface area contributed by atoms with E-state index in [0.29, 0.717) is 29.2 Å². The van der Waals surface area contributed by atoms with Crippen molar-refractivity contribution in [1.82, 2.24) is 15.3 Å². The van der Waals surface area contributed by atoms with Gasteiger partial charge in [-0.2, -0.15) is 0 Å². The molecule has 3 N–H and O–H groups in total. The van der Waals surface area contributed by atoms with E-state index in [0.717, 1.165) is 0 Å². The van der Waals surface area contributed by atoms with Crippen LogP contribution >= 0.6 is 0 Å². The molecule has 4 rings (SSSR count). The molecule has 0 saturated carbocycles. The maximum Gasteiger partial charge on any atom is 0.270 e. The first-order valence-electron chi connectivity index (χ1n) is 10.6. The number of hydrogen-bond donors (Lipinski definition) is 3. The third kappa shape index (κ3) is 5.30. The zero-order chi connectivity index (χ0) is 24.3. The molecule has 0 radical (unpaired) electrons. The molecule has 1 amide bonds. The molecule has 0 spiro atoms. The molecular formula is C22H25FN4O7. The number of aliphatic hydroxyl groups is 2. The van der Waals surface area contributed by atoms with E-state index < -0.39 is 36.3 Å². The van der Waals surface area contributed by atoms with E-state index in [4.69, 9.17) is 24.2 Å². The number of benzene rings is 1. The van der Waals surface area contributed by atoms with Gasteiger partial charge in [0.25, 0.3) is 5.91 Å². The average molecular weight is 476 g/mol. The topological polar surface area (TPSA) is 145 Å². The first-order chi connectivity index (χ1) is 16.3. The van der Waals surface area contributed by atoms with Gasteiger partial charge in [-0.15, -0.1) is 0 Å². The van der Waals surface area contributed by atoms with Gasteiger partial charge in [-0.1, -0.05) is 11.2 Å². The van der Waals surface area contributed by atoms with Gasteiger partial charge >= 0.3 is 0 Å². The first kappa shape index (κ1) is 24.0. The molecule has 11 nitrogen and oxygen atoms in total. The number of aliphatic hydroxyl groups excluding tert-OH is 1. The Bertz CT molecular complexity index is 1090. The van der Waals surface area contributed by atoms with Crippen LogP contribution in [0.2, 0.25) is 0 Å². The molecule has 34 heavy (non-hydrogen) atoms. The van der Waals surface area contributed by atoms with Crippen molar-refractivity contribution in [2.45, 2.75) is 37.9 Å². The standard InChI is InChI=1S/C22H25FN4O7/c1-12-25-15(16-7-19(34-27-16)20-9-33-22(30,10-28)11-32-20)6-17(26-12)21(29)24-8-13-3-4-14(23)18(5-13)31-2/h3-6,19-20,28,30H,7-11H2,1-2H3,(H,24,29)/t19-,20-,22+/m0/s1. The van der Waals surface area contributed by atoms with Crippen LogP contribution in [-0.2, 0) is 20.9 Å². The lowest BCUT2D eigenvalue weighted by Gasteiger charge is -2.36. The summed E-state index contributed by atoms with van der Waals surface area (Å²) in [6, 6.07) is 5.85. The van der Waals surface area contributed by atoms with Crippen LogP contribution in [0.5, 0.6) is 5.75 Å². The normalized spacial score (nSPS) is 24.3. The number of halogens is 1. The number of amides is 1. The Morgan fingerprint density at radius 3 is 2.85 bits per heavy atom. The second-order valence-electron chi connectivity index (χ2n) is 7.99. The summed E-state index contributed by atoms with van der Waals surface area (Å²) in [4.78, 5) is 26.7. The molecule has 3 atom stereocenters. The second-order valence-corrected chi connectivity index (χ2v) is 7.99. The lowest BCUT2D eigenvalue weighted by atomic mass is 10.0. The van der Waals surface area contributed by atoms with Gasteiger partial charge in [0, 0.05) is 13.0 Å². The number of ether oxygens (including phenoxy) is 3. The van der Waals surface area contributed by atoms with Crippen molar-refractivity contribution in [3.8, 4) is 5.75 Å². The molecule has 1 aromatic heterocycles. The number of nitrogens with one attached hydrogen (secondary N) is 1. The summed E-state index contributed by atoms with van der Waals surface area (Å²) in [7, 11) is 1.37.